The van der Waals surface area contributed by atoms with Crippen LogP contribution >= 0.6 is 24.0 Å². The molecule has 4 heteroatoms. The molecule has 0 saturated carbocycles. The molecule has 1 unspecified atom stereocenters. The largest absolute Gasteiger partial charge is 0.347 e. The minimum absolute atomic E-state index is 0. The molecular weight excluding hydrogens is 195 g/mol. The molecule has 0 radical (unpaired) electrons. The van der Waals surface area contributed by atoms with Gasteiger partial charge in [-0.05, 0) is 5.41 Å². The lowest BCUT2D eigenvalue weighted by Gasteiger charge is -2.22. The fourth-order valence-electron chi connectivity index (χ4n) is 0.826. The molecule has 1 N–H and O–H groups in total. The van der Waals surface area contributed by atoms with Gasteiger partial charge in [-0.15, -0.1) is 24.0 Å². The Bertz CT molecular complexity index is 213. The number of aromatic amines is 1. The fourth-order valence-corrected chi connectivity index (χ4v) is 0.946. The van der Waals surface area contributed by atoms with Gasteiger partial charge in [-0.2, -0.15) is 0 Å². The third kappa shape index (κ3) is 2.68. The van der Waals surface area contributed by atoms with Crippen molar-refractivity contribution in [3.8, 4) is 0 Å². The summed E-state index contributed by atoms with van der Waals surface area (Å²) in [6.45, 7) is 6.27. The zero-order valence-electron chi connectivity index (χ0n) is 7.47. The first-order valence-electron chi connectivity index (χ1n) is 3.65. The van der Waals surface area contributed by atoms with Crippen LogP contribution in [0.1, 0.15) is 32.0 Å². The molecule has 70 valence electrons. The molecule has 1 heterocycles. The van der Waals surface area contributed by atoms with Crippen molar-refractivity contribution in [2.45, 2.75) is 26.1 Å². The van der Waals surface area contributed by atoms with E-state index in [0.29, 0.717) is 0 Å². The highest BCUT2D eigenvalue weighted by atomic mass is 35.5. The topological polar surface area (TPSA) is 28.7 Å². The molecule has 1 rings (SSSR count). The smallest absolute Gasteiger partial charge is 0.124 e. The first-order chi connectivity index (χ1) is 5.02. The summed E-state index contributed by atoms with van der Waals surface area (Å²) in [5, 5.41) is -0.0440. The minimum atomic E-state index is -0.0440. The summed E-state index contributed by atoms with van der Waals surface area (Å²) in [6.07, 6.45) is 3.51. The van der Waals surface area contributed by atoms with Crippen molar-refractivity contribution in [2.24, 2.45) is 5.41 Å². The average Bonchev–Trinajstić information content (AvgIpc) is 2.34. The average molecular weight is 209 g/mol. The number of H-pyrrole nitrogens is 1. The van der Waals surface area contributed by atoms with E-state index in [0.717, 1.165) is 5.82 Å². The second-order valence-corrected chi connectivity index (χ2v) is 4.14. The van der Waals surface area contributed by atoms with Gasteiger partial charge in [-0.25, -0.2) is 4.98 Å². The molecule has 0 fully saturated rings. The summed E-state index contributed by atoms with van der Waals surface area (Å²) in [7, 11) is 0. The molecule has 12 heavy (non-hydrogen) atoms. The summed E-state index contributed by atoms with van der Waals surface area (Å²) >= 11 is 6.13. The van der Waals surface area contributed by atoms with E-state index in [9.17, 15) is 0 Å². The summed E-state index contributed by atoms with van der Waals surface area (Å²) in [4.78, 5) is 7.10. The lowest BCUT2D eigenvalue weighted by atomic mass is 9.91. The van der Waals surface area contributed by atoms with E-state index in [1.807, 2.05) is 0 Å². The number of imidazole rings is 1. The Labute approximate surface area is 84.1 Å². The van der Waals surface area contributed by atoms with E-state index in [4.69, 9.17) is 11.6 Å². The number of rotatable bonds is 1. The first-order valence-corrected chi connectivity index (χ1v) is 4.09. The van der Waals surface area contributed by atoms with Gasteiger partial charge in [-0.3, -0.25) is 0 Å². The standard InChI is InChI=1S/C8H13ClN2.ClH/c1-8(2,3)6(9)7-10-4-5-11-7;/h4-6H,1-3H3,(H,10,11);1H. The predicted octanol–water partition coefficient (Wildman–Crippen LogP) is 3.16. The van der Waals surface area contributed by atoms with Gasteiger partial charge in [0.2, 0.25) is 0 Å². The van der Waals surface area contributed by atoms with Gasteiger partial charge in [0.25, 0.3) is 0 Å². The van der Waals surface area contributed by atoms with Crippen LogP contribution in [0.25, 0.3) is 0 Å². The number of aromatic nitrogens is 2. The Morgan fingerprint density at radius 2 is 2.08 bits per heavy atom. The Balaban J connectivity index is 0.00000121. The number of alkyl halides is 1. The summed E-state index contributed by atoms with van der Waals surface area (Å²) in [5.41, 5.74) is 0.0550. The molecule has 0 amide bonds. The van der Waals surface area contributed by atoms with Crippen molar-refractivity contribution in [1.29, 1.82) is 0 Å². The monoisotopic (exact) mass is 208 g/mol. The number of halogens is 2. The summed E-state index contributed by atoms with van der Waals surface area (Å²) < 4.78 is 0. The third-order valence-electron chi connectivity index (χ3n) is 1.52. The first kappa shape index (κ1) is 11.8. The van der Waals surface area contributed by atoms with Crippen molar-refractivity contribution in [2.75, 3.05) is 0 Å². The maximum atomic E-state index is 6.13. The van der Waals surface area contributed by atoms with Crippen molar-refractivity contribution in [1.82, 2.24) is 9.97 Å². The van der Waals surface area contributed by atoms with Crippen molar-refractivity contribution >= 4 is 24.0 Å². The maximum absolute atomic E-state index is 6.13. The number of hydrogen-bond acceptors (Lipinski definition) is 1. The third-order valence-corrected chi connectivity index (χ3v) is 2.38. The molecule has 0 saturated heterocycles. The van der Waals surface area contributed by atoms with Gasteiger partial charge in [0.15, 0.2) is 0 Å². The van der Waals surface area contributed by atoms with E-state index in [2.05, 4.69) is 30.7 Å². The fraction of sp³-hybridized carbons (Fsp3) is 0.625. The van der Waals surface area contributed by atoms with Gasteiger partial charge in [0.1, 0.15) is 5.82 Å². The minimum Gasteiger partial charge on any atom is -0.347 e. The molecule has 0 aliphatic heterocycles. The molecular formula is C8H14Cl2N2. The van der Waals surface area contributed by atoms with E-state index in [1.165, 1.54) is 0 Å². The Hall–Kier alpha value is -0.210. The van der Waals surface area contributed by atoms with Gasteiger partial charge in [0, 0.05) is 12.4 Å². The van der Waals surface area contributed by atoms with Gasteiger partial charge in [-0.1, -0.05) is 20.8 Å². The maximum Gasteiger partial charge on any atom is 0.124 e. The van der Waals surface area contributed by atoms with Gasteiger partial charge < -0.3 is 4.98 Å². The second-order valence-electron chi connectivity index (χ2n) is 3.70. The van der Waals surface area contributed by atoms with Crippen LogP contribution in [0.15, 0.2) is 12.4 Å². The van der Waals surface area contributed by atoms with Crippen LogP contribution < -0.4 is 0 Å². The molecule has 1 aromatic heterocycles. The lowest BCUT2D eigenvalue weighted by Crippen LogP contribution is -2.14. The van der Waals surface area contributed by atoms with Crippen molar-refractivity contribution in [3.05, 3.63) is 18.2 Å². The van der Waals surface area contributed by atoms with E-state index < -0.39 is 0 Å². The highest BCUT2D eigenvalue weighted by Gasteiger charge is 2.25. The van der Waals surface area contributed by atoms with Crippen LogP contribution in [0.5, 0.6) is 0 Å². The summed E-state index contributed by atoms with van der Waals surface area (Å²) in [5.74, 6) is 0.846. The quantitative estimate of drug-likeness (QED) is 0.707. The highest BCUT2D eigenvalue weighted by molar-refractivity contribution is 6.20. The van der Waals surface area contributed by atoms with Crippen LogP contribution in [0.3, 0.4) is 0 Å². The highest BCUT2D eigenvalue weighted by Crippen LogP contribution is 2.36. The van der Waals surface area contributed by atoms with Crippen molar-refractivity contribution in [3.63, 3.8) is 0 Å². The number of nitrogens with one attached hydrogen (secondary N) is 1. The number of hydrogen-bond donors (Lipinski definition) is 1. The van der Waals surface area contributed by atoms with Crippen LogP contribution in [0.2, 0.25) is 0 Å². The summed E-state index contributed by atoms with van der Waals surface area (Å²) in [6, 6.07) is 0. The normalized spacial score (nSPS) is 13.7. The SMILES string of the molecule is CC(C)(C)C(Cl)c1ncc[nH]1.Cl. The van der Waals surface area contributed by atoms with Crippen LogP contribution in [-0.2, 0) is 0 Å². The lowest BCUT2D eigenvalue weighted by molar-refractivity contribution is 0.386. The Morgan fingerprint density at radius 1 is 1.50 bits per heavy atom. The molecule has 0 aliphatic rings. The molecule has 0 aliphatic carbocycles. The number of nitrogens with zero attached hydrogens (tertiary/aromatic N) is 1. The van der Waals surface area contributed by atoms with E-state index in [1.54, 1.807) is 12.4 Å². The Kier molecular flexibility index (Phi) is 4.08. The Morgan fingerprint density at radius 3 is 2.42 bits per heavy atom. The predicted molar refractivity (Wildman–Crippen MR) is 53.9 cm³/mol. The van der Waals surface area contributed by atoms with Crippen molar-refractivity contribution < 1.29 is 0 Å². The molecule has 0 bridgehead atoms. The zero-order chi connectivity index (χ0) is 8.48. The van der Waals surface area contributed by atoms with Crippen LogP contribution in [0, 0.1) is 5.41 Å². The van der Waals surface area contributed by atoms with Crippen LogP contribution in [0.4, 0.5) is 0 Å². The molecule has 1 atom stereocenters. The molecule has 0 aromatic carbocycles. The second kappa shape index (κ2) is 4.15. The molecule has 0 spiro atoms. The van der Waals surface area contributed by atoms with Gasteiger partial charge >= 0.3 is 0 Å². The molecule has 1 aromatic rings. The molecule has 2 nitrogen and oxygen atoms in total. The van der Waals surface area contributed by atoms with Crippen LogP contribution in [-0.4, -0.2) is 9.97 Å². The van der Waals surface area contributed by atoms with E-state index >= 15 is 0 Å². The zero-order valence-corrected chi connectivity index (χ0v) is 9.04. The van der Waals surface area contributed by atoms with E-state index in [-0.39, 0.29) is 23.2 Å². The van der Waals surface area contributed by atoms with Gasteiger partial charge in [0.05, 0.1) is 5.38 Å².